The van der Waals surface area contributed by atoms with Crippen LogP contribution in [0.1, 0.15) is 33.7 Å². The van der Waals surface area contributed by atoms with Crippen molar-refractivity contribution < 1.29 is 4.74 Å². The lowest BCUT2D eigenvalue weighted by Crippen LogP contribution is -2.05. The van der Waals surface area contributed by atoms with E-state index in [0.29, 0.717) is 5.82 Å². The van der Waals surface area contributed by atoms with Crippen molar-refractivity contribution in [3.63, 3.8) is 0 Å². The van der Waals surface area contributed by atoms with Gasteiger partial charge in [0.1, 0.15) is 23.6 Å². The smallest absolute Gasteiger partial charge is 0.164 e. The first kappa shape index (κ1) is 19.9. The van der Waals surface area contributed by atoms with E-state index in [0.717, 1.165) is 38.8 Å². The molecule has 2 N–H and O–H groups in total. The lowest BCUT2D eigenvalue weighted by atomic mass is 10.0. The maximum Gasteiger partial charge on any atom is 0.164 e. The van der Waals surface area contributed by atoms with Crippen LogP contribution in [0.5, 0.6) is 5.75 Å². The summed E-state index contributed by atoms with van der Waals surface area (Å²) in [5, 5.41) is 7.83. The second kappa shape index (κ2) is 7.64. The number of hydrogen-bond acceptors (Lipinski definition) is 5. The molecule has 0 aliphatic rings. The number of benzene rings is 2. The summed E-state index contributed by atoms with van der Waals surface area (Å²) in [5.41, 5.74) is 8.72. The number of rotatable bonds is 4. The Morgan fingerprint density at radius 3 is 2.39 bits per heavy atom. The highest BCUT2D eigenvalue weighted by Gasteiger charge is 2.18. The van der Waals surface area contributed by atoms with Gasteiger partial charge in [-0.05, 0) is 56.7 Å². The van der Waals surface area contributed by atoms with E-state index in [2.05, 4.69) is 54.1 Å². The van der Waals surface area contributed by atoms with Gasteiger partial charge in [-0.2, -0.15) is 5.10 Å². The fourth-order valence-corrected chi connectivity index (χ4v) is 3.27. The summed E-state index contributed by atoms with van der Waals surface area (Å²) in [4.78, 5) is 8.57. The molecule has 0 amide bonds. The first-order valence-electron chi connectivity index (χ1n) is 9.13. The highest BCUT2D eigenvalue weighted by Crippen LogP contribution is 2.33. The van der Waals surface area contributed by atoms with Gasteiger partial charge in [0, 0.05) is 11.6 Å². The highest BCUT2D eigenvalue weighted by atomic mass is 35.5. The summed E-state index contributed by atoms with van der Waals surface area (Å²) in [6.07, 6.45) is 1.63. The number of fused-ring (bicyclic) bond motifs is 2. The van der Waals surface area contributed by atoms with Crippen molar-refractivity contribution in [1.29, 1.82) is 0 Å². The molecule has 28 heavy (non-hydrogen) atoms. The summed E-state index contributed by atoms with van der Waals surface area (Å²) in [6, 6.07) is 12.5. The molecule has 0 bridgehead atoms. The number of nitrogens with two attached hydrogens (primary N) is 1. The molecular weight excluding hydrogens is 374 g/mol. The maximum absolute atomic E-state index is 6.17. The molecule has 4 aromatic rings. The molecule has 7 heteroatoms. The van der Waals surface area contributed by atoms with Gasteiger partial charge in [0.25, 0.3) is 0 Å². The molecule has 0 radical (unpaired) electrons. The van der Waals surface area contributed by atoms with Crippen LogP contribution in [0.2, 0.25) is 0 Å². The Kier molecular flexibility index (Phi) is 5.42. The molecule has 2 heterocycles. The topological polar surface area (TPSA) is 78.8 Å². The van der Waals surface area contributed by atoms with Crippen molar-refractivity contribution in [2.24, 2.45) is 0 Å². The van der Waals surface area contributed by atoms with E-state index in [4.69, 9.17) is 15.6 Å². The summed E-state index contributed by atoms with van der Waals surface area (Å²) < 4.78 is 7.69. The van der Waals surface area contributed by atoms with Crippen molar-refractivity contribution in [2.75, 3.05) is 5.73 Å². The summed E-state index contributed by atoms with van der Waals surface area (Å²) in [5.74, 6) is 1.32. The van der Waals surface area contributed by atoms with Crippen LogP contribution >= 0.6 is 12.4 Å². The average molecular weight is 398 g/mol. The van der Waals surface area contributed by atoms with Crippen molar-refractivity contribution in [3.05, 3.63) is 42.7 Å². The van der Waals surface area contributed by atoms with Gasteiger partial charge in [-0.15, -0.1) is 12.4 Å². The van der Waals surface area contributed by atoms with Crippen LogP contribution in [0.3, 0.4) is 0 Å². The van der Waals surface area contributed by atoms with Crippen LogP contribution in [0, 0.1) is 0 Å². The number of ether oxygens (including phenoxy) is 1. The first-order chi connectivity index (χ1) is 12.9. The van der Waals surface area contributed by atoms with Crippen molar-refractivity contribution in [1.82, 2.24) is 19.7 Å². The van der Waals surface area contributed by atoms with E-state index >= 15 is 0 Å². The second-order valence-electron chi connectivity index (χ2n) is 7.23. The number of nitrogens with zero attached hydrogens (tertiary/aromatic N) is 4. The zero-order chi connectivity index (χ0) is 19.1. The minimum Gasteiger partial charge on any atom is -0.491 e. The Morgan fingerprint density at radius 2 is 1.68 bits per heavy atom. The van der Waals surface area contributed by atoms with Crippen LogP contribution in [0.4, 0.5) is 5.82 Å². The van der Waals surface area contributed by atoms with Gasteiger partial charge in [0.05, 0.1) is 11.5 Å². The van der Waals surface area contributed by atoms with Gasteiger partial charge in [0.15, 0.2) is 5.65 Å². The average Bonchev–Trinajstić information content (AvgIpc) is 3.02. The van der Waals surface area contributed by atoms with Crippen LogP contribution < -0.4 is 10.5 Å². The number of hydrogen-bond donors (Lipinski definition) is 1. The minimum absolute atomic E-state index is 0. The van der Waals surface area contributed by atoms with E-state index in [1.165, 1.54) is 6.33 Å². The maximum atomic E-state index is 6.17. The van der Waals surface area contributed by atoms with Crippen molar-refractivity contribution in [2.45, 2.75) is 39.8 Å². The van der Waals surface area contributed by atoms with E-state index in [1.54, 1.807) is 0 Å². The SMILES string of the molecule is CC(C)Oc1ccc2cc(-c3nn(C(C)C)c4ncnc(N)c34)ccc2c1.Cl. The highest BCUT2D eigenvalue weighted by molar-refractivity contribution is 6.00. The standard InChI is InChI=1S/C21H23N5O.ClH/c1-12(2)26-21-18(20(22)23-11-24-21)19(25-26)16-6-5-15-10-17(27-13(3)4)8-7-14(15)9-16;/h5-13H,1-4H3,(H2,22,23,24);1H. The predicted molar refractivity (Wildman–Crippen MR) is 116 cm³/mol. The molecule has 0 aliphatic carbocycles. The summed E-state index contributed by atoms with van der Waals surface area (Å²) in [6.45, 7) is 8.20. The van der Waals surface area contributed by atoms with Crippen LogP contribution in [-0.2, 0) is 0 Å². The Balaban J connectivity index is 0.00000225. The Bertz CT molecular complexity index is 1140. The van der Waals surface area contributed by atoms with Gasteiger partial charge in [-0.25, -0.2) is 14.6 Å². The first-order valence-corrected chi connectivity index (χ1v) is 9.13. The summed E-state index contributed by atoms with van der Waals surface area (Å²) in [7, 11) is 0. The minimum atomic E-state index is 0. The fraction of sp³-hybridized carbons (Fsp3) is 0.286. The lowest BCUT2D eigenvalue weighted by Gasteiger charge is -2.10. The van der Waals surface area contributed by atoms with E-state index < -0.39 is 0 Å². The lowest BCUT2D eigenvalue weighted by molar-refractivity contribution is 0.243. The third-order valence-corrected chi connectivity index (χ3v) is 4.46. The molecule has 0 spiro atoms. The monoisotopic (exact) mass is 397 g/mol. The Morgan fingerprint density at radius 1 is 0.964 bits per heavy atom. The molecule has 2 aromatic carbocycles. The van der Waals surface area contributed by atoms with Gasteiger partial charge in [0.2, 0.25) is 0 Å². The molecule has 0 fully saturated rings. The predicted octanol–water partition coefficient (Wildman–Crippen LogP) is 5.02. The Hall–Kier alpha value is -2.86. The normalized spacial score (nSPS) is 11.4. The van der Waals surface area contributed by atoms with Crippen LogP contribution in [0.25, 0.3) is 33.1 Å². The molecule has 2 aromatic heterocycles. The number of halogens is 1. The van der Waals surface area contributed by atoms with Gasteiger partial charge < -0.3 is 10.5 Å². The third-order valence-electron chi connectivity index (χ3n) is 4.46. The zero-order valence-electron chi connectivity index (χ0n) is 16.4. The van der Waals surface area contributed by atoms with E-state index in [9.17, 15) is 0 Å². The molecule has 6 nitrogen and oxygen atoms in total. The second-order valence-corrected chi connectivity index (χ2v) is 7.23. The van der Waals surface area contributed by atoms with Crippen LogP contribution in [-0.4, -0.2) is 25.9 Å². The molecule has 0 atom stereocenters. The van der Waals surface area contributed by atoms with E-state index in [-0.39, 0.29) is 24.6 Å². The van der Waals surface area contributed by atoms with Gasteiger partial charge in [-0.1, -0.05) is 18.2 Å². The van der Waals surface area contributed by atoms with Gasteiger partial charge in [-0.3, -0.25) is 0 Å². The van der Waals surface area contributed by atoms with E-state index in [1.807, 2.05) is 24.6 Å². The molecule has 0 unspecified atom stereocenters. The van der Waals surface area contributed by atoms with Crippen molar-refractivity contribution >= 4 is 40.0 Å². The van der Waals surface area contributed by atoms with Gasteiger partial charge >= 0.3 is 0 Å². The molecule has 146 valence electrons. The number of anilines is 1. The number of aromatic nitrogens is 4. The molecule has 0 aliphatic heterocycles. The molecular formula is C21H24ClN5O. The molecule has 0 saturated carbocycles. The Labute approximate surface area is 170 Å². The molecule has 4 rings (SSSR count). The molecule has 0 saturated heterocycles. The quantitative estimate of drug-likeness (QED) is 0.523. The zero-order valence-corrected chi connectivity index (χ0v) is 17.2. The summed E-state index contributed by atoms with van der Waals surface area (Å²) >= 11 is 0. The number of nitrogen functional groups attached to an aromatic ring is 1. The van der Waals surface area contributed by atoms with Crippen LogP contribution in [0.15, 0.2) is 42.7 Å². The van der Waals surface area contributed by atoms with Crippen molar-refractivity contribution in [3.8, 4) is 17.0 Å². The third kappa shape index (κ3) is 3.47. The largest absolute Gasteiger partial charge is 0.491 e. The fourth-order valence-electron chi connectivity index (χ4n) is 3.27.